The molecule has 0 radical (unpaired) electrons. The Morgan fingerprint density at radius 2 is 1.73 bits per heavy atom. The molecule has 3 aromatic rings. The second kappa shape index (κ2) is 12.8. The molecule has 0 saturated carbocycles. The lowest BCUT2D eigenvalue weighted by molar-refractivity contribution is -0.248. The molecule has 2 aromatic carbocycles. The maximum atomic E-state index is 14.3. The zero-order chi connectivity index (χ0) is 34.6. The van der Waals surface area contributed by atoms with Crippen molar-refractivity contribution in [1.82, 2.24) is 14.5 Å². The van der Waals surface area contributed by atoms with Gasteiger partial charge in [0.05, 0.1) is 18.3 Å². The summed E-state index contributed by atoms with van der Waals surface area (Å²) in [5.74, 6) is -0.846. The van der Waals surface area contributed by atoms with Gasteiger partial charge in [0.15, 0.2) is 17.3 Å². The van der Waals surface area contributed by atoms with Crippen molar-refractivity contribution in [2.24, 2.45) is 11.8 Å². The van der Waals surface area contributed by atoms with Crippen LogP contribution in [0, 0.1) is 18.8 Å². The average molecular weight is 674 g/mol. The fourth-order valence-electron chi connectivity index (χ4n) is 7.43. The highest BCUT2D eigenvalue weighted by Gasteiger charge is 2.51. The number of esters is 2. The smallest absolute Gasteiger partial charge is 0.303 e. The molecule has 13 nitrogen and oxygen atoms in total. The minimum atomic E-state index is -0.803. The number of carbonyl (C=O) groups excluding carboxylic acids is 4. The normalized spacial score (nSPS) is 26.6. The van der Waals surface area contributed by atoms with Crippen LogP contribution in [0.3, 0.4) is 0 Å². The van der Waals surface area contributed by atoms with Gasteiger partial charge in [0.25, 0.3) is 5.91 Å². The maximum Gasteiger partial charge on any atom is 0.303 e. The monoisotopic (exact) mass is 673 g/mol. The summed E-state index contributed by atoms with van der Waals surface area (Å²) >= 11 is 0. The summed E-state index contributed by atoms with van der Waals surface area (Å²) in [6.45, 7) is 9.37. The molecule has 13 heteroatoms. The summed E-state index contributed by atoms with van der Waals surface area (Å²) in [7, 11) is 0. The van der Waals surface area contributed by atoms with E-state index in [0.717, 1.165) is 5.56 Å². The largest absolute Gasteiger partial charge is 0.464 e. The molecule has 4 heterocycles. The van der Waals surface area contributed by atoms with Crippen molar-refractivity contribution in [2.75, 3.05) is 19.9 Å². The third-order valence-corrected chi connectivity index (χ3v) is 10.1. The quantitative estimate of drug-likeness (QED) is 0.299. The first kappa shape index (κ1) is 32.6. The number of aryl methyl sites for hydroxylation is 2. The molecule has 7 rings (SSSR count). The van der Waals surface area contributed by atoms with Crippen LogP contribution < -0.4 is 14.2 Å². The molecule has 1 aromatic heterocycles. The molecular weight excluding hydrogens is 634 g/mol. The van der Waals surface area contributed by atoms with E-state index in [4.69, 9.17) is 28.4 Å². The number of rotatable bonds is 9. The van der Waals surface area contributed by atoms with Gasteiger partial charge in [-0.3, -0.25) is 19.2 Å². The van der Waals surface area contributed by atoms with Crippen molar-refractivity contribution in [2.45, 2.75) is 78.0 Å². The third-order valence-electron chi connectivity index (χ3n) is 10.1. The fourth-order valence-corrected chi connectivity index (χ4v) is 7.43. The lowest BCUT2D eigenvalue weighted by Gasteiger charge is -2.43. The molecule has 1 aliphatic carbocycles. The number of ether oxygens (including phenoxy) is 6. The van der Waals surface area contributed by atoms with Crippen LogP contribution in [0.15, 0.2) is 43.0 Å². The fraction of sp³-hybridized carbons (Fsp3) is 0.472. The molecule has 1 amide bonds. The number of hydrogen-bond acceptors (Lipinski definition) is 11. The van der Waals surface area contributed by atoms with Crippen molar-refractivity contribution < 1.29 is 47.6 Å². The van der Waals surface area contributed by atoms with Gasteiger partial charge in [-0.15, -0.1) is 0 Å². The van der Waals surface area contributed by atoms with Crippen LogP contribution in [0.4, 0.5) is 0 Å². The number of Topliss-reactive ketones (excluding diaryl/α,β-unsaturated/α-hetero) is 1. The Morgan fingerprint density at radius 1 is 0.959 bits per heavy atom. The van der Waals surface area contributed by atoms with Gasteiger partial charge < -0.3 is 37.9 Å². The van der Waals surface area contributed by atoms with Crippen molar-refractivity contribution >= 4 is 23.6 Å². The zero-order valence-corrected chi connectivity index (χ0v) is 28.0. The lowest BCUT2D eigenvalue weighted by atomic mass is 9.81. The first-order valence-corrected chi connectivity index (χ1v) is 16.5. The zero-order valence-electron chi connectivity index (χ0n) is 28.0. The molecule has 1 fully saturated rings. The van der Waals surface area contributed by atoms with E-state index in [-0.39, 0.29) is 36.9 Å². The number of imidazole rings is 1. The molecule has 0 bridgehead atoms. The van der Waals surface area contributed by atoms with Crippen molar-refractivity contribution in [3.63, 3.8) is 0 Å². The van der Waals surface area contributed by atoms with Crippen LogP contribution in [0.25, 0.3) is 0 Å². The van der Waals surface area contributed by atoms with Gasteiger partial charge >= 0.3 is 11.9 Å². The summed E-state index contributed by atoms with van der Waals surface area (Å²) in [4.78, 5) is 58.1. The number of ketones is 1. The number of aromatic nitrogens is 2. The second-order valence-electron chi connectivity index (χ2n) is 13.2. The Morgan fingerprint density at radius 3 is 2.45 bits per heavy atom. The van der Waals surface area contributed by atoms with Crippen LogP contribution in [0.5, 0.6) is 17.2 Å². The van der Waals surface area contributed by atoms with E-state index in [1.54, 1.807) is 35.6 Å². The first-order chi connectivity index (χ1) is 23.5. The van der Waals surface area contributed by atoms with Crippen molar-refractivity contribution in [3.05, 3.63) is 70.8 Å². The minimum absolute atomic E-state index is 0.0699. The number of fused-ring (bicyclic) bond motifs is 6. The van der Waals surface area contributed by atoms with Crippen molar-refractivity contribution in [1.29, 1.82) is 0 Å². The summed E-state index contributed by atoms with van der Waals surface area (Å²) < 4.78 is 36.9. The molecule has 258 valence electrons. The van der Waals surface area contributed by atoms with Gasteiger partial charge in [0.2, 0.25) is 13.1 Å². The summed E-state index contributed by atoms with van der Waals surface area (Å²) in [5.41, 5.74) is 2.95. The molecule has 1 saturated heterocycles. The number of carbonyl (C=O) groups is 4. The van der Waals surface area contributed by atoms with Gasteiger partial charge in [-0.2, -0.15) is 0 Å². The van der Waals surface area contributed by atoms with Crippen LogP contribution in [-0.2, 0) is 30.3 Å². The number of amides is 1. The number of benzene rings is 2. The van der Waals surface area contributed by atoms with Crippen LogP contribution in [0.2, 0.25) is 0 Å². The van der Waals surface area contributed by atoms with E-state index in [2.05, 4.69) is 4.98 Å². The molecule has 3 aliphatic heterocycles. The summed E-state index contributed by atoms with van der Waals surface area (Å²) in [6.07, 6.45) is 3.77. The van der Waals surface area contributed by atoms with Gasteiger partial charge in [0.1, 0.15) is 24.6 Å². The molecule has 0 N–H and O–H groups in total. The Labute approximate surface area is 283 Å². The standard InChI is InChI=1S/C36H39N3O10/c1-18-11-26-23(12-27(18)48-36-20(3)19(2)34(47-22(5)41)30(49-36)15-44-21(4)40)31-32(39(35(26)43)9-6-8-38-10-7-37-16-38)24-13-28-29(46-17-45-28)14-25(24)33(31)42/h7,10-14,16,19-20,30-32,34,36H,6,8-9,15,17H2,1-5H3/t19-,20-,30-,31?,32?,34?,36-/m1/s1. The Balaban J connectivity index is 1.22. The molecule has 3 unspecified atom stereocenters. The predicted octanol–water partition coefficient (Wildman–Crippen LogP) is 4.36. The summed E-state index contributed by atoms with van der Waals surface area (Å²) in [6, 6.07) is 6.57. The maximum absolute atomic E-state index is 14.3. The first-order valence-electron chi connectivity index (χ1n) is 16.5. The highest BCUT2D eigenvalue weighted by atomic mass is 16.7. The third kappa shape index (κ3) is 5.90. The predicted molar refractivity (Wildman–Crippen MR) is 171 cm³/mol. The summed E-state index contributed by atoms with van der Waals surface area (Å²) in [5, 5.41) is 0. The Hall–Kier alpha value is -4.91. The van der Waals surface area contributed by atoms with Crippen LogP contribution in [-0.4, -0.2) is 76.5 Å². The topological polar surface area (TPSA) is 145 Å². The van der Waals surface area contributed by atoms with Crippen molar-refractivity contribution in [3.8, 4) is 17.2 Å². The van der Waals surface area contributed by atoms with E-state index < -0.39 is 42.4 Å². The highest BCUT2D eigenvalue weighted by molar-refractivity contribution is 6.11. The molecule has 4 aliphatic rings. The Kier molecular flexibility index (Phi) is 8.55. The number of nitrogens with zero attached hydrogens (tertiary/aromatic N) is 3. The lowest BCUT2D eigenvalue weighted by Crippen LogP contribution is -2.54. The van der Waals surface area contributed by atoms with E-state index in [0.29, 0.717) is 59.0 Å². The second-order valence-corrected chi connectivity index (χ2v) is 13.2. The minimum Gasteiger partial charge on any atom is -0.464 e. The average Bonchev–Trinajstić information content (AvgIpc) is 3.81. The van der Waals surface area contributed by atoms with E-state index in [9.17, 15) is 19.2 Å². The highest BCUT2D eigenvalue weighted by Crippen LogP contribution is 2.54. The molecule has 0 spiro atoms. The molecular formula is C36H39N3O10. The number of hydrogen-bond donors (Lipinski definition) is 0. The molecule has 49 heavy (non-hydrogen) atoms. The van der Waals surface area contributed by atoms with Crippen LogP contribution in [0.1, 0.15) is 83.5 Å². The SMILES string of the molecule is CC(=O)OC[C@H]1O[C@@H](Oc2cc3c(cc2C)C(=O)N(CCCn2ccnc2)C2c4cc5c(cc4C(=O)C32)OCO5)[C@H](C)[C@@H](C)C1OC(C)=O. The van der Waals surface area contributed by atoms with E-state index in [1.807, 2.05) is 37.6 Å². The van der Waals surface area contributed by atoms with Gasteiger partial charge in [0, 0.05) is 62.3 Å². The molecule has 7 atom stereocenters. The van der Waals surface area contributed by atoms with Crippen LogP contribution >= 0.6 is 0 Å². The van der Waals surface area contributed by atoms with Gasteiger partial charge in [-0.05, 0) is 54.3 Å². The Bertz CT molecular complexity index is 1810. The van der Waals surface area contributed by atoms with E-state index >= 15 is 0 Å². The van der Waals surface area contributed by atoms with Gasteiger partial charge in [-0.1, -0.05) is 13.8 Å². The van der Waals surface area contributed by atoms with E-state index in [1.165, 1.54) is 13.8 Å². The van der Waals surface area contributed by atoms with Gasteiger partial charge in [-0.25, -0.2) is 4.98 Å².